The molecular formula is C29H23N3O. The quantitative estimate of drug-likeness (QED) is 0.266. The summed E-state index contributed by atoms with van der Waals surface area (Å²) in [6, 6.07) is 38.4. The van der Waals surface area contributed by atoms with E-state index in [9.17, 15) is 4.79 Å². The number of fused-ring (bicyclic) bond motifs is 1. The van der Waals surface area contributed by atoms with Gasteiger partial charge in [-0.05, 0) is 28.6 Å². The molecule has 0 aliphatic rings. The van der Waals surface area contributed by atoms with Crippen LogP contribution in [0.5, 0.6) is 0 Å². The Labute approximate surface area is 192 Å². The van der Waals surface area contributed by atoms with Crippen LogP contribution >= 0.6 is 0 Å². The van der Waals surface area contributed by atoms with Gasteiger partial charge < -0.3 is 4.57 Å². The van der Waals surface area contributed by atoms with Crippen LogP contribution in [0.1, 0.15) is 11.1 Å². The number of carbonyl (C=O) groups excluding carboxylic acids is 1. The van der Waals surface area contributed by atoms with Crippen LogP contribution < -0.4 is 5.43 Å². The molecule has 5 aromatic rings. The number of benzene rings is 4. The molecule has 0 atom stereocenters. The number of hydrogen-bond acceptors (Lipinski definition) is 2. The summed E-state index contributed by atoms with van der Waals surface area (Å²) in [4.78, 5) is 12.7. The summed E-state index contributed by atoms with van der Waals surface area (Å²) in [6.45, 7) is 0.200. The SMILES string of the molecule is O=C(Cn1ccc2ccccc21)N/N=C(/c1ccccc1)c1ccc(-c2ccccc2)cc1. The third kappa shape index (κ3) is 4.60. The van der Waals surface area contributed by atoms with Crippen molar-refractivity contribution in [2.45, 2.75) is 6.54 Å². The smallest absolute Gasteiger partial charge is 0.260 e. The maximum atomic E-state index is 12.7. The second-order valence-electron chi connectivity index (χ2n) is 7.81. The summed E-state index contributed by atoms with van der Waals surface area (Å²) >= 11 is 0. The molecule has 5 rings (SSSR count). The van der Waals surface area contributed by atoms with Crippen molar-refractivity contribution in [3.05, 3.63) is 133 Å². The van der Waals surface area contributed by atoms with Crippen LogP contribution in [-0.2, 0) is 11.3 Å². The molecular weight excluding hydrogens is 406 g/mol. The monoisotopic (exact) mass is 429 g/mol. The van der Waals surface area contributed by atoms with Gasteiger partial charge in [0.1, 0.15) is 6.54 Å². The highest BCUT2D eigenvalue weighted by Gasteiger charge is 2.10. The summed E-state index contributed by atoms with van der Waals surface area (Å²) in [7, 11) is 0. The van der Waals surface area contributed by atoms with Gasteiger partial charge in [-0.1, -0.05) is 103 Å². The maximum absolute atomic E-state index is 12.7. The lowest BCUT2D eigenvalue weighted by Crippen LogP contribution is -2.24. The van der Waals surface area contributed by atoms with Gasteiger partial charge in [0.25, 0.3) is 5.91 Å². The zero-order valence-electron chi connectivity index (χ0n) is 18.1. The van der Waals surface area contributed by atoms with Gasteiger partial charge >= 0.3 is 0 Å². The van der Waals surface area contributed by atoms with E-state index >= 15 is 0 Å². The van der Waals surface area contributed by atoms with Gasteiger partial charge in [-0.15, -0.1) is 0 Å². The lowest BCUT2D eigenvalue weighted by atomic mass is 9.99. The Morgan fingerprint density at radius 1 is 0.667 bits per heavy atom. The van der Waals surface area contributed by atoms with E-state index in [1.54, 1.807) is 0 Å². The lowest BCUT2D eigenvalue weighted by Gasteiger charge is -2.10. The predicted molar refractivity (Wildman–Crippen MR) is 134 cm³/mol. The van der Waals surface area contributed by atoms with Crippen molar-refractivity contribution in [2.24, 2.45) is 5.10 Å². The molecule has 0 unspecified atom stereocenters. The van der Waals surface area contributed by atoms with E-state index in [1.807, 2.05) is 102 Å². The van der Waals surface area contributed by atoms with Crippen LogP contribution in [0.2, 0.25) is 0 Å². The van der Waals surface area contributed by atoms with Crippen molar-refractivity contribution >= 4 is 22.5 Å². The number of aromatic nitrogens is 1. The Morgan fingerprint density at radius 2 is 1.27 bits per heavy atom. The molecule has 4 aromatic carbocycles. The normalized spacial score (nSPS) is 11.5. The number of carbonyl (C=O) groups is 1. The number of amides is 1. The third-order valence-corrected chi connectivity index (χ3v) is 5.60. The maximum Gasteiger partial charge on any atom is 0.260 e. The minimum Gasteiger partial charge on any atom is -0.338 e. The number of hydrazone groups is 1. The highest BCUT2D eigenvalue weighted by atomic mass is 16.2. The standard InChI is InChI=1S/C29H23N3O/c33-28(21-32-20-19-24-11-7-8-14-27(24)32)30-31-29(25-12-5-2-6-13-25)26-17-15-23(16-18-26)22-9-3-1-4-10-22/h1-20H,21H2,(H,30,33)/b31-29-. The highest BCUT2D eigenvalue weighted by molar-refractivity contribution is 6.13. The fourth-order valence-electron chi connectivity index (χ4n) is 3.93. The second kappa shape index (κ2) is 9.37. The zero-order valence-corrected chi connectivity index (χ0v) is 18.1. The fourth-order valence-corrected chi connectivity index (χ4v) is 3.93. The summed E-state index contributed by atoms with van der Waals surface area (Å²) in [5.41, 5.74) is 8.68. The molecule has 0 aliphatic heterocycles. The summed E-state index contributed by atoms with van der Waals surface area (Å²) < 4.78 is 1.93. The molecule has 0 bridgehead atoms. The van der Waals surface area contributed by atoms with Gasteiger partial charge in [0.2, 0.25) is 0 Å². The van der Waals surface area contributed by atoms with Gasteiger partial charge in [0.15, 0.2) is 0 Å². The first-order valence-electron chi connectivity index (χ1n) is 10.9. The average Bonchev–Trinajstić information content (AvgIpc) is 3.28. The molecule has 0 saturated heterocycles. The van der Waals surface area contributed by atoms with Crippen molar-refractivity contribution < 1.29 is 4.79 Å². The van der Waals surface area contributed by atoms with Crippen LogP contribution in [-0.4, -0.2) is 16.2 Å². The number of hydrogen-bond donors (Lipinski definition) is 1. The molecule has 0 saturated carbocycles. The molecule has 1 aromatic heterocycles. The van der Waals surface area contributed by atoms with Crippen LogP contribution in [0.3, 0.4) is 0 Å². The summed E-state index contributed by atoms with van der Waals surface area (Å²) in [6.07, 6.45) is 1.92. The number of para-hydroxylation sites is 1. The molecule has 0 aliphatic carbocycles. The van der Waals surface area contributed by atoms with E-state index in [0.29, 0.717) is 0 Å². The van der Waals surface area contributed by atoms with E-state index in [1.165, 1.54) is 0 Å². The van der Waals surface area contributed by atoms with Crippen molar-refractivity contribution in [1.82, 2.24) is 9.99 Å². The van der Waals surface area contributed by atoms with Crippen molar-refractivity contribution in [1.29, 1.82) is 0 Å². The molecule has 1 amide bonds. The van der Waals surface area contributed by atoms with E-state index < -0.39 is 0 Å². The zero-order chi connectivity index (χ0) is 22.5. The van der Waals surface area contributed by atoms with Gasteiger partial charge in [0, 0.05) is 22.8 Å². The Balaban J connectivity index is 1.40. The van der Waals surface area contributed by atoms with E-state index in [0.717, 1.165) is 38.9 Å². The minimum absolute atomic E-state index is 0.175. The Hall–Kier alpha value is -4.44. The molecule has 0 radical (unpaired) electrons. The van der Waals surface area contributed by atoms with E-state index in [-0.39, 0.29) is 12.5 Å². The van der Waals surface area contributed by atoms with Crippen molar-refractivity contribution in [3.8, 4) is 11.1 Å². The fraction of sp³-hybridized carbons (Fsp3) is 0.0345. The van der Waals surface area contributed by atoms with Gasteiger partial charge in [-0.2, -0.15) is 5.10 Å². The summed E-state index contributed by atoms with van der Waals surface area (Å²) in [5, 5.41) is 5.64. The lowest BCUT2D eigenvalue weighted by molar-refractivity contribution is -0.121. The van der Waals surface area contributed by atoms with Crippen LogP contribution in [0.15, 0.2) is 127 Å². The van der Waals surface area contributed by atoms with Gasteiger partial charge in [0.05, 0.1) is 5.71 Å². The Kier molecular flexibility index (Phi) is 5.81. The van der Waals surface area contributed by atoms with Crippen LogP contribution in [0.25, 0.3) is 22.0 Å². The van der Waals surface area contributed by atoms with Gasteiger partial charge in [-0.25, -0.2) is 5.43 Å². The van der Waals surface area contributed by atoms with Crippen molar-refractivity contribution in [3.63, 3.8) is 0 Å². The molecule has 1 N–H and O–H groups in total. The molecule has 33 heavy (non-hydrogen) atoms. The van der Waals surface area contributed by atoms with Crippen LogP contribution in [0, 0.1) is 0 Å². The number of rotatable bonds is 6. The third-order valence-electron chi connectivity index (χ3n) is 5.60. The molecule has 4 nitrogen and oxygen atoms in total. The average molecular weight is 430 g/mol. The first-order valence-corrected chi connectivity index (χ1v) is 10.9. The molecule has 0 spiro atoms. The molecule has 4 heteroatoms. The molecule has 0 fully saturated rings. The first kappa shape index (κ1) is 20.5. The van der Waals surface area contributed by atoms with Crippen LogP contribution in [0.4, 0.5) is 0 Å². The first-order chi connectivity index (χ1) is 16.3. The Morgan fingerprint density at radius 3 is 2.03 bits per heavy atom. The summed E-state index contributed by atoms with van der Waals surface area (Å²) in [5.74, 6) is -0.175. The Bertz CT molecular complexity index is 1400. The molecule has 1 heterocycles. The highest BCUT2D eigenvalue weighted by Crippen LogP contribution is 2.21. The topological polar surface area (TPSA) is 46.4 Å². The minimum atomic E-state index is -0.175. The largest absolute Gasteiger partial charge is 0.338 e. The van der Waals surface area contributed by atoms with E-state index in [4.69, 9.17) is 0 Å². The number of nitrogens with zero attached hydrogens (tertiary/aromatic N) is 2. The van der Waals surface area contributed by atoms with Gasteiger partial charge in [-0.3, -0.25) is 4.79 Å². The van der Waals surface area contributed by atoms with E-state index in [2.05, 4.69) is 34.8 Å². The second-order valence-corrected chi connectivity index (χ2v) is 7.81. The van der Waals surface area contributed by atoms with Crippen molar-refractivity contribution in [2.75, 3.05) is 0 Å². The number of nitrogens with one attached hydrogen (secondary N) is 1. The predicted octanol–water partition coefficient (Wildman–Crippen LogP) is 5.88. The molecule has 160 valence electrons.